The Balaban J connectivity index is 2.05. The lowest BCUT2D eigenvalue weighted by Gasteiger charge is -2.17. The van der Waals surface area contributed by atoms with Gasteiger partial charge in [-0.3, -0.25) is 4.79 Å². The van der Waals surface area contributed by atoms with Crippen molar-refractivity contribution in [2.75, 3.05) is 12.4 Å². The monoisotopic (exact) mass is 516 g/mol. The standard InChI is InChI=1S/C24H28N4O7S/c1-6-14(2)27-36(32,33)20-13-16(25-22(29)17-9-7-8-10-18(17)34-5)11-12-19(20)35-23-15(3)21(24(30)31)26-28(23)4/h7-14,27H,6H2,1-5H3,(H,25,29)(H,30,31)/t14-/m1/s1. The van der Waals surface area contributed by atoms with Gasteiger partial charge in [0.15, 0.2) is 5.69 Å². The quantitative estimate of drug-likeness (QED) is 0.370. The number of carboxylic acid groups (broad SMARTS) is 1. The molecule has 0 aliphatic carbocycles. The number of nitrogens with zero attached hydrogens (tertiary/aromatic N) is 2. The second-order valence-electron chi connectivity index (χ2n) is 8.06. The molecule has 0 aliphatic rings. The van der Waals surface area contributed by atoms with Crippen LogP contribution in [0.2, 0.25) is 0 Å². The number of nitrogens with one attached hydrogen (secondary N) is 2. The maximum atomic E-state index is 13.3. The van der Waals surface area contributed by atoms with Crippen molar-refractivity contribution in [2.45, 2.75) is 38.1 Å². The number of aryl methyl sites for hydroxylation is 1. The zero-order chi connectivity index (χ0) is 26.6. The zero-order valence-electron chi connectivity index (χ0n) is 20.5. The molecule has 11 nitrogen and oxygen atoms in total. The van der Waals surface area contributed by atoms with E-state index in [2.05, 4.69) is 15.1 Å². The van der Waals surface area contributed by atoms with Gasteiger partial charge < -0.3 is 19.9 Å². The molecule has 0 spiro atoms. The number of carboxylic acids is 1. The summed E-state index contributed by atoms with van der Waals surface area (Å²) in [6.07, 6.45) is 0.544. The highest BCUT2D eigenvalue weighted by Crippen LogP contribution is 2.34. The van der Waals surface area contributed by atoms with Crippen molar-refractivity contribution in [3.05, 3.63) is 59.3 Å². The summed E-state index contributed by atoms with van der Waals surface area (Å²) < 4.78 is 41.4. The number of anilines is 1. The van der Waals surface area contributed by atoms with Gasteiger partial charge in [0.05, 0.1) is 12.7 Å². The Bertz CT molecular complexity index is 1400. The smallest absolute Gasteiger partial charge is 0.356 e. The number of hydrogen-bond acceptors (Lipinski definition) is 7. The van der Waals surface area contributed by atoms with E-state index in [0.29, 0.717) is 12.2 Å². The molecular formula is C24H28N4O7S. The maximum Gasteiger partial charge on any atom is 0.356 e. The van der Waals surface area contributed by atoms with Crippen LogP contribution in [-0.2, 0) is 17.1 Å². The fourth-order valence-electron chi connectivity index (χ4n) is 3.39. The summed E-state index contributed by atoms with van der Waals surface area (Å²) in [4.78, 5) is 24.1. The number of hydrogen-bond donors (Lipinski definition) is 3. The second kappa shape index (κ2) is 10.8. The van der Waals surface area contributed by atoms with Crippen LogP contribution in [0.5, 0.6) is 17.4 Å². The number of amides is 1. The van der Waals surface area contributed by atoms with Gasteiger partial charge in [-0.05, 0) is 50.6 Å². The molecule has 1 atom stereocenters. The summed E-state index contributed by atoms with van der Waals surface area (Å²) in [7, 11) is -1.16. The minimum atomic E-state index is -4.09. The molecule has 1 heterocycles. The minimum Gasteiger partial charge on any atom is -0.496 e. The Kier molecular flexibility index (Phi) is 8.00. The van der Waals surface area contributed by atoms with Crippen LogP contribution >= 0.6 is 0 Å². The number of aromatic carboxylic acids is 1. The lowest BCUT2D eigenvalue weighted by Crippen LogP contribution is -2.32. The Hall–Kier alpha value is -3.90. The first-order chi connectivity index (χ1) is 17.0. The molecule has 0 saturated heterocycles. The molecule has 1 amide bonds. The first kappa shape index (κ1) is 26.7. The van der Waals surface area contributed by atoms with E-state index in [1.807, 2.05) is 6.92 Å². The number of rotatable bonds is 10. The number of benzene rings is 2. The van der Waals surface area contributed by atoms with E-state index in [9.17, 15) is 23.1 Å². The van der Waals surface area contributed by atoms with Gasteiger partial charge in [0, 0.05) is 24.3 Å². The van der Waals surface area contributed by atoms with Crippen LogP contribution < -0.4 is 19.5 Å². The molecule has 3 N–H and O–H groups in total. The fraction of sp³-hybridized carbons (Fsp3) is 0.292. The van der Waals surface area contributed by atoms with Crippen molar-refractivity contribution in [3.63, 3.8) is 0 Å². The third kappa shape index (κ3) is 5.66. The first-order valence-corrected chi connectivity index (χ1v) is 12.5. The summed E-state index contributed by atoms with van der Waals surface area (Å²) in [6.45, 7) is 5.07. The second-order valence-corrected chi connectivity index (χ2v) is 9.74. The molecule has 0 bridgehead atoms. The van der Waals surface area contributed by atoms with Crippen LogP contribution in [0.15, 0.2) is 47.4 Å². The molecular weight excluding hydrogens is 488 g/mol. The Morgan fingerprint density at radius 2 is 1.86 bits per heavy atom. The third-order valence-electron chi connectivity index (χ3n) is 5.44. The van der Waals surface area contributed by atoms with Crippen LogP contribution in [0.1, 0.15) is 46.7 Å². The van der Waals surface area contributed by atoms with E-state index in [4.69, 9.17) is 9.47 Å². The number of para-hydroxylation sites is 1. The average Bonchev–Trinajstić information content (AvgIpc) is 3.12. The Morgan fingerprint density at radius 1 is 1.17 bits per heavy atom. The normalized spacial score (nSPS) is 12.1. The maximum absolute atomic E-state index is 13.3. The van der Waals surface area contributed by atoms with Crippen LogP contribution in [0.3, 0.4) is 0 Å². The molecule has 0 unspecified atom stereocenters. The number of methoxy groups -OCH3 is 1. The molecule has 192 valence electrons. The van der Waals surface area contributed by atoms with Gasteiger partial charge in [-0.15, -0.1) is 0 Å². The number of carbonyl (C=O) groups excluding carboxylic acids is 1. The van der Waals surface area contributed by atoms with E-state index in [1.54, 1.807) is 31.2 Å². The first-order valence-electron chi connectivity index (χ1n) is 11.0. The lowest BCUT2D eigenvalue weighted by atomic mass is 10.2. The number of aromatic nitrogens is 2. The largest absolute Gasteiger partial charge is 0.496 e. The van der Waals surface area contributed by atoms with Crippen molar-refractivity contribution < 1.29 is 32.6 Å². The van der Waals surface area contributed by atoms with Gasteiger partial charge in [-0.2, -0.15) is 5.10 Å². The lowest BCUT2D eigenvalue weighted by molar-refractivity contribution is 0.0688. The van der Waals surface area contributed by atoms with E-state index in [0.717, 1.165) is 0 Å². The highest BCUT2D eigenvalue weighted by Gasteiger charge is 2.26. The van der Waals surface area contributed by atoms with E-state index < -0.39 is 21.9 Å². The van der Waals surface area contributed by atoms with Gasteiger partial charge >= 0.3 is 5.97 Å². The molecule has 36 heavy (non-hydrogen) atoms. The van der Waals surface area contributed by atoms with E-state index in [1.165, 1.54) is 44.0 Å². The zero-order valence-corrected chi connectivity index (χ0v) is 21.3. The molecule has 1 aromatic heterocycles. The SMILES string of the molecule is CC[C@@H](C)NS(=O)(=O)c1cc(NC(=O)c2ccccc2OC)ccc1Oc1c(C)c(C(=O)O)nn1C. The van der Waals surface area contributed by atoms with E-state index >= 15 is 0 Å². The van der Waals surface area contributed by atoms with Gasteiger partial charge in [0.2, 0.25) is 15.9 Å². The summed E-state index contributed by atoms with van der Waals surface area (Å²) in [6, 6.07) is 10.4. The minimum absolute atomic E-state index is 0.0656. The van der Waals surface area contributed by atoms with Crippen LogP contribution in [0.4, 0.5) is 5.69 Å². The number of ether oxygens (including phenoxy) is 2. The Morgan fingerprint density at radius 3 is 2.47 bits per heavy atom. The average molecular weight is 517 g/mol. The molecule has 0 fully saturated rings. The number of sulfonamides is 1. The predicted molar refractivity (Wildman–Crippen MR) is 132 cm³/mol. The highest BCUT2D eigenvalue weighted by atomic mass is 32.2. The molecule has 12 heteroatoms. The van der Waals surface area contributed by atoms with Crippen molar-refractivity contribution in [1.29, 1.82) is 0 Å². The molecule has 3 rings (SSSR count). The van der Waals surface area contributed by atoms with Crippen LogP contribution in [-0.4, -0.2) is 48.3 Å². The predicted octanol–water partition coefficient (Wildman–Crippen LogP) is 3.56. The topological polar surface area (TPSA) is 149 Å². The van der Waals surface area contributed by atoms with Gasteiger partial charge in [0.1, 0.15) is 16.4 Å². The molecule has 0 radical (unpaired) electrons. The Labute approximate surface area is 209 Å². The summed E-state index contributed by atoms with van der Waals surface area (Å²) in [5.41, 5.74) is 0.497. The fourth-order valence-corrected chi connectivity index (χ4v) is 4.87. The summed E-state index contributed by atoms with van der Waals surface area (Å²) in [5, 5.41) is 16.0. The van der Waals surface area contributed by atoms with Crippen LogP contribution in [0.25, 0.3) is 0 Å². The van der Waals surface area contributed by atoms with Crippen LogP contribution in [0, 0.1) is 6.92 Å². The number of carbonyl (C=O) groups is 2. The van der Waals surface area contributed by atoms with Gasteiger partial charge in [-0.25, -0.2) is 22.6 Å². The van der Waals surface area contributed by atoms with Gasteiger partial charge in [0.25, 0.3) is 5.91 Å². The summed E-state index contributed by atoms with van der Waals surface area (Å²) >= 11 is 0. The van der Waals surface area contributed by atoms with Crippen molar-refractivity contribution in [2.24, 2.45) is 7.05 Å². The highest BCUT2D eigenvalue weighted by molar-refractivity contribution is 7.89. The molecule has 2 aromatic carbocycles. The molecule has 0 aliphatic heterocycles. The van der Waals surface area contributed by atoms with Crippen molar-refractivity contribution in [3.8, 4) is 17.4 Å². The molecule has 0 saturated carbocycles. The molecule has 3 aromatic rings. The third-order valence-corrected chi connectivity index (χ3v) is 7.05. The van der Waals surface area contributed by atoms with E-state index in [-0.39, 0.29) is 45.1 Å². The van der Waals surface area contributed by atoms with Gasteiger partial charge in [-0.1, -0.05) is 19.1 Å². The summed E-state index contributed by atoms with van der Waals surface area (Å²) in [5.74, 6) is -1.36. The van der Waals surface area contributed by atoms with Crippen molar-refractivity contribution >= 4 is 27.6 Å². The van der Waals surface area contributed by atoms with Crippen molar-refractivity contribution in [1.82, 2.24) is 14.5 Å².